The van der Waals surface area contributed by atoms with Crippen molar-refractivity contribution < 1.29 is 19.7 Å². The van der Waals surface area contributed by atoms with E-state index in [4.69, 9.17) is 19.7 Å². The van der Waals surface area contributed by atoms with Crippen LogP contribution in [0, 0.1) is 47.4 Å². The van der Waals surface area contributed by atoms with Crippen molar-refractivity contribution in [1.82, 2.24) is 0 Å². The van der Waals surface area contributed by atoms with Crippen LogP contribution in [0.3, 0.4) is 0 Å². The zero-order valence-corrected chi connectivity index (χ0v) is 37.8. The molecular formula is C60H66O4. The van der Waals surface area contributed by atoms with Gasteiger partial charge in [-0.1, -0.05) is 210 Å². The molecule has 0 spiro atoms. The number of unbranched alkanes of at least 4 members (excludes halogenated alkanes) is 16. The Morgan fingerprint density at radius 2 is 0.500 bits per heavy atom. The molecule has 64 heavy (non-hydrogen) atoms. The molecule has 0 saturated heterocycles. The standard InChI is InChI=1S/C60H66O4/c61-47-27-11-7-3-1-5-9-13-29-49-63-59-57(45-41-53-35-23-17-24-36-53)55(43-39-51-31-19-15-20-32-51)56(44-40-52-33-21-16-22-34-52)58(46-42-54-37-25-18-26-38-54)60(59)64-50-30-14-10-6-2-4-8-12-28-48-62/h15-26,31-38,61-62H,1-14,27-30,47-50H2. The Bertz CT molecular complexity index is 2160. The Balaban J connectivity index is 1.60. The summed E-state index contributed by atoms with van der Waals surface area (Å²) in [7, 11) is 0. The van der Waals surface area contributed by atoms with Crippen molar-refractivity contribution >= 4 is 0 Å². The summed E-state index contributed by atoms with van der Waals surface area (Å²) in [6, 6.07) is 40.0. The Kier molecular flexibility index (Phi) is 23.5. The number of ether oxygens (including phenoxy) is 2. The van der Waals surface area contributed by atoms with Crippen molar-refractivity contribution in [2.75, 3.05) is 26.4 Å². The van der Waals surface area contributed by atoms with Gasteiger partial charge in [-0.3, -0.25) is 0 Å². The summed E-state index contributed by atoms with van der Waals surface area (Å²) < 4.78 is 13.9. The summed E-state index contributed by atoms with van der Waals surface area (Å²) in [6.45, 7) is 1.56. The Hall–Kier alpha value is -6.14. The lowest BCUT2D eigenvalue weighted by Gasteiger charge is -2.20. The molecule has 0 aromatic heterocycles. The van der Waals surface area contributed by atoms with E-state index in [-0.39, 0.29) is 13.2 Å². The van der Waals surface area contributed by atoms with E-state index < -0.39 is 0 Å². The topological polar surface area (TPSA) is 58.9 Å². The van der Waals surface area contributed by atoms with Crippen LogP contribution >= 0.6 is 0 Å². The molecule has 0 bridgehead atoms. The predicted octanol–water partition coefficient (Wildman–Crippen LogP) is 13.0. The number of benzene rings is 5. The summed E-state index contributed by atoms with van der Waals surface area (Å²) in [5, 5.41) is 18.2. The molecule has 5 aromatic carbocycles. The summed E-state index contributed by atoms with van der Waals surface area (Å²) >= 11 is 0. The van der Waals surface area contributed by atoms with Crippen LogP contribution in [-0.4, -0.2) is 36.6 Å². The quantitative estimate of drug-likeness (QED) is 0.0480. The molecule has 4 nitrogen and oxygen atoms in total. The van der Waals surface area contributed by atoms with Gasteiger partial charge in [-0.2, -0.15) is 0 Å². The number of aliphatic hydroxyl groups is 2. The van der Waals surface area contributed by atoms with Crippen LogP contribution in [0.25, 0.3) is 0 Å². The van der Waals surface area contributed by atoms with Gasteiger partial charge in [0.15, 0.2) is 11.5 Å². The second-order valence-electron chi connectivity index (χ2n) is 16.1. The van der Waals surface area contributed by atoms with E-state index in [0.717, 1.165) is 86.5 Å². The molecule has 5 aromatic rings. The number of aliphatic hydroxyl groups excluding tert-OH is 2. The maximum atomic E-state index is 9.11. The van der Waals surface area contributed by atoms with Crippen LogP contribution in [-0.2, 0) is 0 Å². The lowest BCUT2D eigenvalue weighted by Crippen LogP contribution is -2.10. The number of hydrogen-bond acceptors (Lipinski definition) is 4. The average molecular weight is 851 g/mol. The van der Waals surface area contributed by atoms with Crippen molar-refractivity contribution in [2.24, 2.45) is 0 Å². The van der Waals surface area contributed by atoms with Crippen molar-refractivity contribution in [2.45, 2.75) is 116 Å². The number of hydrogen-bond donors (Lipinski definition) is 2. The highest BCUT2D eigenvalue weighted by Gasteiger charge is 2.25. The van der Waals surface area contributed by atoms with Crippen molar-refractivity contribution in [3.8, 4) is 58.9 Å². The highest BCUT2D eigenvalue weighted by molar-refractivity contribution is 5.77. The SMILES string of the molecule is OCCCCCCCCCCCOc1c(C#Cc2ccccc2)c(C#Cc2ccccc2)c(C#Cc2ccccc2)c(C#Cc2ccccc2)c1OCCCCCCCCCCCO. The first-order chi connectivity index (χ1) is 31.8. The Morgan fingerprint density at radius 1 is 0.266 bits per heavy atom. The monoisotopic (exact) mass is 850 g/mol. The Labute approximate surface area is 384 Å². The molecule has 0 aliphatic carbocycles. The molecule has 0 saturated carbocycles. The van der Waals surface area contributed by atoms with Crippen molar-refractivity contribution in [3.63, 3.8) is 0 Å². The number of rotatable bonds is 24. The summed E-state index contributed by atoms with van der Waals surface area (Å²) in [5.74, 6) is 29.1. The maximum absolute atomic E-state index is 9.11. The second-order valence-corrected chi connectivity index (χ2v) is 16.1. The molecule has 0 atom stereocenters. The minimum Gasteiger partial charge on any atom is -0.488 e. The van der Waals surface area contributed by atoms with Gasteiger partial charge in [-0.05, 0) is 74.2 Å². The largest absolute Gasteiger partial charge is 0.488 e. The van der Waals surface area contributed by atoms with Gasteiger partial charge < -0.3 is 19.7 Å². The summed E-state index contributed by atoms with van der Waals surface area (Å²) in [5.41, 5.74) is 6.14. The van der Waals surface area contributed by atoms with Gasteiger partial charge in [0, 0.05) is 35.5 Å². The van der Waals surface area contributed by atoms with Gasteiger partial charge in [0.05, 0.1) is 35.5 Å². The van der Waals surface area contributed by atoms with Gasteiger partial charge in [0.25, 0.3) is 0 Å². The molecule has 0 aliphatic heterocycles. The van der Waals surface area contributed by atoms with Crippen molar-refractivity contribution in [1.29, 1.82) is 0 Å². The normalized spacial score (nSPS) is 10.3. The maximum Gasteiger partial charge on any atom is 0.179 e. The molecule has 0 aliphatic rings. The lowest BCUT2D eigenvalue weighted by atomic mass is 9.93. The minimum atomic E-state index is 0.284. The smallest absolute Gasteiger partial charge is 0.179 e. The molecule has 0 radical (unpaired) electrons. The fourth-order valence-corrected chi connectivity index (χ4v) is 7.34. The van der Waals surface area contributed by atoms with Crippen molar-refractivity contribution in [3.05, 3.63) is 166 Å². The van der Waals surface area contributed by atoms with Crippen LogP contribution in [0.15, 0.2) is 121 Å². The third kappa shape index (κ3) is 18.3. The minimum absolute atomic E-state index is 0.284. The first kappa shape index (κ1) is 48.9. The third-order valence-corrected chi connectivity index (χ3v) is 10.9. The molecule has 0 heterocycles. The van der Waals surface area contributed by atoms with Gasteiger partial charge in [-0.15, -0.1) is 0 Å². The molecule has 4 heteroatoms. The van der Waals surface area contributed by atoms with E-state index >= 15 is 0 Å². The van der Waals surface area contributed by atoms with Gasteiger partial charge in [0.2, 0.25) is 0 Å². The van der Waals surface area contributed by atoms with Crippen LogP contribution in [0.1, 0.15) is 160 Å². The summed E-state index contributed by atoms with van der Waals surface area (Å²) in [6.07, 6.45) is 19.8. The highest BCUT2D eigenvalue weighted by Crippen LogP contribution is 2.41. The summed E-state index contributed by atoms with van der Waals surface area (Å²) in [4.78, 5) is 0. The Morgan fingerprint density at radius 3 is 0.766 bits per heavy atom. The van der Waals surface area contributed by atoms with E-state index in [1.807, 2.05) is 121 Å². The van der Waals surface area contributed by atoms with Crippen LogP contribution in [0.4, 0.5) is 0 Å². The molecule has 5 rings (SSSR count). The highest BCUT2D eigenvalue weighted by atomic mass is 16.5. The van der Waals surface area contributed by atoms with E-state index in [9.17, 15) is 0 Å². The molecule has 330 valence electrons. The van der Waals surface area contributed by atoms with Crippen LogP contribution in [0.5, 0.6) is 11.5 Å². The van der Waals surface area contributed by atoms with E-state index in [0.29, 0.717) is 47.0 Å². The van der Waals surface area contributed by atoms with E-state index in [1.165, 1.54) is 51.4 Å². The molecule has 0 fully saturated rings. The van der Waals surface area contributed by atoms with E-state index in [1.54, 1.807) is 0 Å². The zero-order chi connectivity index (χ0) is 44.5. The molecule has 0 unspecified atom stereocenters. The zero-order valence-electron chi connectivity index (χ0n) is 37.8. The molecule has 0 amide bonds. The van der Waals surface area contributed by atoms with Crippen LogP contribution < -0.4 is 9.47 Å². The van der Waals surface area contributed by atoms with Gasteiger partial charge >= 0.3 is 0 Å². The predicted molar refractivity (Wildman–Crippen MR) is 264 cm³/mol. The first-order valence-corrected chi connectivity index (χ1v) is 23.8. The third-order valence-electron chi connectivity index (χ3n) is 10.9. The lowest BCUT2D eigenvalue weighted by molar-refractivity contribution is 0.257. The van der Waals surface area contributed by atoms with E-state index in [2.05, 4.69) is 47.4 Å². The fourth-order valence-electron chi connectivity index (χ4n) is 7.34. The second kappa shape index (κ2) is 30.8. The molecular weight excluding hydrogens is 785 g/mol. The first-order valence-electron chi connectivity index (χ1n) is 23.8. The fraction of sp³-hybridized carbons (Fsp3) is 0.367. The van der Waals surface area contributed by atoms with Gasteiger partial charge in [-0.25, -0.2) is 0 Å². The van der Waals surface area contributed by atoms with Gasteiger partial charge in [0.1, 0.15) is 0 Å². The van der Waals surface area contributed by atoms with Crippen LogP contribution in [0.2, 0.25) is 0 Å². The molecule has 2 N–H and O–H groups in total. The average Bonchev–Trinajstić information content (AvgIpc) is 3.34.